The lowest BCUT2D eigenvalue weighted by Gasteiger charge is -2.39. The number of allylic oxidation sites excluding steroid dienone is 2. The van der Waals surface area contributed by atoms with E-state index in [1.165, 1.54) is 6.08 Å². The highest BCUT2D eigenvalue weighted by atomic mass is 16.6. The Kier molecular flexibility index (Phi) is 14.9. The molecule has 280 valence electrons. The molecule has 13 heteroatoms. The fourth-order valence-corrected chi connectivity index (χ4v) is 6.74. The molecule has 13 nitrogen and oxygen atoms in total. The number of carbonyl (C=O) groups is 4. The first-order valence-corrected chi connectivity index (χ1v) is 18.3. The van der Waals surface area contributed by atoms with Crippen molar-refractivity contribution in [1.82, 2.24) is 20.9 Å². The van der Waals surface area contributed by atoms with Crippen LogP contribution in [-0.2, 0) is 33.3 Å². The molecule has 4 rings (SSSR count). The number of aliphatic hydroxyl groups excluding tert-OH is 1. The van der Waals surface area contributed by atoms with Crippen molar-refractivity contribution in [3.05, 3.63) is 36.0 Å². The van der Waals surface area contributed by atoms with E-state index in [2.05, 4.69) is 29.0 Å². The number of likely N-dealkylation sites (tertiary alicyclic amines) is 1. The Hall–Kier alpha value is -3.26. The summed E-state index contributed by atoms with van der Waals surface area (Å²) in [5, 5.41) is 19.5. The van der Waals surface area contributed by atoms with E-state index in [4.69, 9.17) is 18.9 Å². The molecule has 0 radical (unpaired) electrons. The first-order chi connectivity index (χ1) is 23.9. The normalized spacial score (nSPS) is 32.2. The Balaban J connectivity index is 1.20. The fraction of sp³-hybridized carbons (Fsp3) is 0.730. The summed E-state index contributed by atoms with van der Waals surface area (Å²) in [6.45, 7) is 12.1. The summed E-state index contributed by atoms with van der Waals surface area (Å²) in [5.74, 6) is -0.293. The third-order valence-electron chi connectivity index (χ3n) is 9.98. The van der Waals surface area contributed by atoms with Crippen LogP contribution in [0.15, 0.2) is 36.0 Å². The van der Waals surface area contributed by atoms with Crippen molar-refractivity contribution < 1.29 is 43.2 Å². The zero-order valence-corrected chi connectivity index (χ0v) is 30.4. The summed E-state index contributed by atoms with van der Waals surface area (Å²) in [6, 6.07) is -0.145. The van der Waals surface area contributed by atoms with Crippen molar-refractivity contribution in [2.75, 3.05) is 32.8 Å². The van der Waals surface area contributed by atoms with E-state index >= 15 is 0 Å². The quantitative estimate of drug-likeness (QED) is 0.0921. The van der Waals surface area contributed by atoms with Crippen LogP contribution in [0.1, 0.15) is 86.0 Å². The second-order valence-corrected chi connectivity index (χ2v) is 14.2. The number of hydrogen-bond donors (Lipinski definition) is 4. The largest absolute Gasteiger partial charge is 0.442 e. The highest BCUT2D eigenvalue weighted by Gasteiger charge is 2.58. The van der Waals surface area contributed by atoms with Gasteiger partial charge in [-0.3, -0.25) is 14.4 Å². The van der Waals surface area contributed by atoms with Gasteiger partial charge in [-0.1, -0.05) is 37.6 Å². The molecule has 4 saturated heterocycles. The van der Waals surface area contributed by atoms with Crippen LogP contribution in [0.2, 0.25) is 0 Å². The molecule has 4 aliphatic heterocycles. The maximum absolute atomic E-state index is 12.7. The zero-order chi connectivity index (χ0) is 36.3. The second kappa shape index (κ2) is 18.8. The zero-order valence-electron chi connectivity index (χ0n) is 30.4. The van der Waals surface area contributed by atoms with Gasteiger partial charge in [-0.25, -0.2) is 4.79 Å². The van der Waals surface area contributed by atoms with Crippen LogP contribution in [0.5, 0.6) is 0 Å². The third-order valence-corrected chi connectivity index (χ3v) is 9.98. The fourth-order valence-electron chi connectivity index (χ4n) is 6.74. The molecule has 0 bridgehead atoms. The number of carbonyl (C=O) groups excluding carboxylic acids is 4. The Morgan fingerprint density at radius 1 is 1.04 bits per heavy atom. The standard InChI is InChI=1S/C37H58N4O9/c1-6-32(42)38-16-17-39-34(44)21-28-22-37(23-47-37)35(45)31(50-28)14-11-24(2)10-13-30-25(3)20-29(27(5)49-30)40-33(43)15-12-26(4)48-36(46)41-18-8-7-9-19-41/h10-12,14-15,25-31,35,45H,6-9,13,16-23H2,1-5H3,(H,38,42)(H,39,44)(H,40,43)/b14-11+,15-12-,24-10+/t25?,26?,27?,28-,29?,30?,31?,35-,37?/m1/s1. The molecule has 4 heterocycles. The first-order valence-electron chi connectivity index (χ1n) is 18.3. The van der Waals surface area contributed by atoms with Crippen molar-refractivity contribution in [3.63, 3.8) is 0 Å². The van der Waals surface area contributed by atoms with E-state index in [1.54, 1.807) is 24.8 Å². The molecule has 50 heavy (non-hydrogen) atoms. The summed E-state index contributed by atoms with van der Waals surface area (Å²) in [7, 11) is 0. The number of rotatable bonds is 14. The van der Waals surface area contributed by atoms with Gasteiger partial charge in [0.2, 0.25) is 17.7 Å². The topological polar surface area (TPSA) is 168 Å². The molecule has 0 saturated carbocycles. The van der Waals surface area contributed by atoms with Crippen molar-refractivity contribution in [2.45, 2.75) is 134 Å². The Morgan fingerprint density at radius 2 is 1.74 bits per heavy atom. The summed E-state index contributed by atoms with van der Waals surface area (Å²) in [5.41, 5.74) is 0.297. The SMILES string of the molecule is CCC(=O)NCCNC(=O)C[C@@H]1CC2(CO2)[C@H](O)C(/C=C/C(C)=C/CC2OC(C)C(NC(=O)/C=C\C(C)OC(=O)N3CCCCC3)CC2C)O1. The van der Waals surface area contributed by atoms with Gasteiger partial charge in [0.05, 0.1) is 37.4 Å². The van der Waals surface area contributed by atoms with Crippen LogP contribution in [0.3, 0.4) is 0 Å². The lowest BCUT2D eigenvalue weighted by Crippen LogP contribution is -2.51. The van der Waals surface area contributed by atoms with Gasteiger partial charge in [0.1, 0.15) is 23.9 Å². The van der Waals surface area contributed by atoms with Crippen LogP contribution < -0.4 is 16.0 Å². The van der Waals surface area contributed by atoms with E-state index in [-0.39, 0.29) is 54.4 Å². The van der Waals surface area contributed by atoms with Crippen LogP contribution >= 0.6 is 0 Å². The van der Waals surface area contributed by atoms with Gasteiger partial charge in [0, 0.05) is 45.1 Å². The van der Waals surface area contributed by atoms with Gasteiger partial charge >= 0.3 is 6.09 Å². The van der Waals surface area contributed by atoms with Crippen molar-refractivity contribution >= 4 is 23.8 Å². The lowest BCUT2D eigenvalue weighted by atomic mass is 9.87. The molecule has 0 aliphatic carbocycles. The predicted octanol–water partition coefficient (Wildman–Crippen LogP) is 3.06. The molecular weight excluding hydrogens is 644 g/mol. The van der Waals surface area contributed by atoms with E-state index in [9.17, 15) is 24.3 Å². The minimum atomic E-state index is -0.836. The van der Waals surface area contributed by atoms with Crippen molar-refractivity contribution in [3.8, 4) is 0 Å². The number of epoxide rings is 1. The van der Waals surface area contributed by atoms with Gasteiger partial charge in [0.25, 0.3) is 0 Å². The van der Waals surface area contributed by atoms with Crippen LogP contribution in [0.4, 0.5) is 4.79 Å². The Morgan fingerprint density at radius 3 is 2.42 bits per heavy atom. The number of hydrogen-bond acceptors (Lipinski definition) is 9. The minimum absolute atomic E-state index is 0.0240. The van der Waals surface area contributed by atoms with E-state index in [1.807, 2.05) is 26.0 Å². The van der Waals surface area contributed by atoms with E-state index < -0.39 is 30.0 Å². The first kappa shape index (κ1) is 39.5. The van der Waals surface area contributed by atoms with Crippen LogP contribution in [0.25, 0.3) is 0 Å². The van der Waals surface area contributed by atoms with Crippen molar-refractivity contribution in [2.24, 2.45) is 5.92 Å². The number of piperidine rings is 1. The van der Waals surface area contributed by atoms with Crippen molar-refractivity contribution in [1.29, 1.82) is 0 Å². The maximum Gasteiger partial charge on any atom is 0.410 e. The summed E-state index contributed by atoms with van der Waals surface area (Å²) < 4.78 is 23.6. The Bertz CT molecular complexity index is 1260. The van der Waals surface area contributed by atoms with E-state index in [0.717, 1.165) is 31.3 Å². The minimum Gasteiger partial charge on any atom is -0.442 e. The molecule has 4 fully saturated rings. The number of nitrogens with one attached hydrogen (secondary N) is 3. The van der Waals surface area contributed by atoms with Gasteiger partial charge in [0.15, 0.2) is 0 Å². The molecule has 4 aliphatic rings. The third kappa shape index (κ3) is 11.9. The second-order valence-electron chi connectivity index (χ2n) is 14.2. The average molecular weight is 703 g/mol. The number of nitrogens with zero attached hydrogens (tertiary/aromatic N) is 1. The molecular formula is C37H58N4O9. The van der Waals surface area contributed by atoms with Gasteiger partial charge in [-0.2, -0.15) is 0 Å². The maximum atomic E-state index is 12.7. The Labute approximate surface area is 296 Å². The highest BCUT2D eigenvalue weighted by Crippen LogP contribution is 2.43. The number of ether oxygens (including phenoxy) is 4. The summed E-state index contributed by atoms with van der Waals surface area (Å²) >= 11 is 0. The average Bonchev–Trinajstić information content (AvgIpc) is 3.87. The molecule has 4 N–H and O–H groups in total. The molecule has 0 aromatic rings. The van der Waals surface area contributed by atoms with Crippen LogP contribution in [0, 0.1) is 5.92 Å². The van der Waals surface area contributed by atoms with Gasteiger partial charge < -0.3 is 44.9 Å². The van der Waals surface area contributed by atoms with Gasteiger partial charge in [-0.15, -0.1) is 0 Å². The molecule has 9 atom stereocenters. The molecule has 4 amide bonds. The number of aliphatic hydroxyl groups is 1. The predicted molar refractivity (Wildman–Crippen MR) is 187 cm³/mol. The molecule has 0 aromatic heterocycles. The lowest BCUT2D eigenvalue weighted by molar-refractivity contribution is -0.145. The molecule has 1 spiro atoms. The number of amides is 4. The summed E-state index contributed by atoms with van der Waals surface area (Å²) in [4.78, 5) is 50.6. The summed E-state index contributed by atoms with van der Waals surface area (Å²) in [6.07, 6.45) is 11.5. The molecule has 7 unspecified atom stereocenters. The highest BCUT2D eigenvalue weighted by molar-refractivity contribution is 5.87. The van der Waals surface area contributed by atoms with Crippen LogP contribution in [-0.4, -0.2) is 115 Å². The smallest absolute Gasteiger partial charge is 0.410 e. The van der Waals surface area contributed by atoms with Gasteiger partial charge in [-0.05, 0) is 64.9 Å². The molecule has 0 aromatic carbocycles. The monoisotopic (exact) mass is 702 g/mol. The van der Waals surface area contributed by atoms with E-state index in [0.29, 0.717) is 52.0 Å².